The average molecular weight is 617 g/mol. The Balaban J connectivity index is 1.99. The van der Waals surface area contributed by atoms with E-state index in [0.29, 0.717) is 17.7 Å². The van der Waals surface area contributed by atoms with Gasteiger partial charge in [0.2, 0.25) is 17.7 Å². The number of hydrogen-bond donors (Lipinski definition) is 6. The normalized spacial score (nSPS) is 11.9. The van der Waals surface area contributed by atoms with E-state index < -0.39 is 46.9 Å². The van der Waals surface area contributed by atoms with Crippen LogP contribution in [-0.2, 0) is 25.7 Å². The molecule has 0 radical (unpaired) electrons. The first kappa shape index (κ1) is 34.9. The largest absolute Gasteiger partial charge is 0.514 e. The van der Waals surface area contributed by atoms with Crippen LogP contribution in [0.3, 0.4) is 0 Å². The molecule has 44 heavy (non-hydrogen) atoms. The van der Waals surface area contributed by atoms with Crippen LogP contribution < -0.4 is 31.7 Å². The number of carbonyl (C=O) groups excluding carboxylic acids is 5. The molecule has 0 aliphatic heterocycles. The Kier molecular flexibility index (Phi) is 14.0. The Morgan fingerprint density at radius 3 is 2.20 bits per heavy atom. The average Bonchev–Trinajstić information content (AvgIpc) is 2.97. The number of nitrogens with two attached hydrogens (primary N) is 1. The van der Waals surface area contributed by atoms with Gasteiger partial charge in [-0.2, -0.15) is 0 Å². The van der Waals surface area contributed by atoms with Gasteiger partial charge in [-0.05, 0) is 48.6 Å². The number of ether oxygens (including phenoxy) is 2. The van der Waals surface area contributed by atoms with Crippen LogP contribution in [0.2, 0.25) is 0 Å². The summed E-state index contributed by atoms with van der Waals surface area (Å²) in [7, 11) is 0. The zero-order valence-electron chi connectivity index (χ0n) is 24.2. The Hall–Kier alpha value is -5.25. The van der Waals surface area contributed by atoms with Crippen molar-refractivity contribution in [3.63, 3.8) is 0 Å². The molecule has 238 valence electrons. The minimum atomic E-state index is -1.04. The first-order chi connectivity index (χ1) is 20.9. The number of benzene rings is 2. The van der Waals surface area contributed by atoms with Crippen molar-refractivity contribution in [3.8, 4) is 5.75 Å². The molecule has 0 bridgehead atoms. The maximum Gasteiger partial charge on any atom is 0.514 e. The number of hydrogen-bond acceptors (Lipinski definition) is 10. The molecule has 0 heterocycles. The van der Waals surface area contributed by atoms with Crippen LogP contribution in [0, 0.1) is 16.0 Å². The monoisotopic (exact) mass is 616 g/mol. The summed E-state index contributed by atoms with van der Waals surface area (Å²) in [5.74, 6) is -1.92. The molecule has 2 rings (SSSR count). The minimum Gasteiger partial charge on any atom is -0.429 e. The van der Waals surface area contributed by atoms with E-state index >= 15 is 0 Å². The van der Waals surface area contributed by atoms with Crippen molar-refractivity contribution in [1.82, 2.24) is 16.0 Å². The molecule has 0 aliphatic carbocycles. The number of aliphatic hydroxyl groups is 1. The number of nitro groups is 1. The van der Waals surface area contributed by atoms with Crippen molar-refractivity contribution < 1.29 is 43.5 Å². The highest BCUT2D eigenvalue weighted by Gasteiger charge is 2.28. The number of amides is 5. The number of rotatable bonds is 16. The minimum absolute atomic E-state index is 0.0676. The van der Waals surface area contributed by atoms with E-state index in [-0.39, 0.29) is 50.0 Å². The highest BCUT2D eigenvalue weighted by molar-refractivity contribution is 5.98. The van der Waals surface area contributed by atoms with E-state index in [1.165, 1.54) is 24.3 Å². The van der Waals surface area contributed by atoms with Gasteiger partial charge < -0.3 is 41.6 Å². The Bertz CT molecular complexity index is 1300. The summed E-state index contributed by atoms with van der Waals surface area (Å²) in [6, 6.07) is 8.45. The number of aliphatic hydroxyl groups excluding tert-OH is 1. The number of nitro benzene ring substituents is 1. The van der Waals surface area contributed by atoms with Gasteiger partial charge in [0.15, 0.2) is 0 Å². The van der Waals surface area contributed by atoms with E-state index in [1.807, 2.05) is 0 Å². The molecule has 7 N–H and O–H groups in total. The highest BCUT2D eigenvalue weighted by atomic mass is 16.7. The van der Waals surface area contributed by atoms with Gasteiger partial charge in [0, 0.05) is 30.8 Å². The number of nitrogens with zero attached hydrogens (tertiary/aromatic N) is 1. The maximum atomic E-state index is 13.1. The molecule has 0 aliphatic rings. The third kappa shape index (κ3) is 12.3. The number of carbonyl (C=O) groups is 5. The van der Waals surface area contributed by atoms with Gasteiger partial charge in [-0.1, -0.05) is 26.0 Å². The number of nitrogens with one attached hydrogen (secondary N) is 4. The second-order valence-electron chi connectivity index (χ2n) is 9.84. The van der Waals surface area contributed by atoms with E-state index in [9.17, 15) is 34.1 Å². The number of anilines is 1. The lowest BCUT2D eigenvalue weighted by atomic mass is 10.0. The van der Waals surface area contributed by atoms with Gasteiger partial charge in [0.1, 0.15) is 24.4 Å². The van der Waals surface area contributed by atoms with Crippen molar-refractivity contribution in [2.45, 2.75) is 51.8 Å². The van der Waals surface area contributed by atoms with Crippen molar-refractivity contribution in [2.75, 3.05) is 18.5 Å². The maximum absolute atomic E-state index is 13.1. The highest BCUT2D eigenvalue weighted by Crippen LogP contribution is 2.18. The van der Waals surface area contributed by atoms with Crippen LogP contribution in [0.1, 0.15) is 38.7 Å². The topological polar surface area (TPSA) is 241 Å². The van der Waals surface area contributed by atoms with Crippen LogP contribution >= 0.6 is 0 Å². The third-order valence-corrected chi connectivity index (χ3v) is 6.03. The molecule has 0 aromatic heterocycles. The summed E-state index contributed by atoms with van der Waals surface area (Å²) in [5, 5.41) is 30.0. The molecule has 0 unspecified atom stereocenters. The molecule has 2 aromatic carbocycles. The van der Waals surface area contributed by atoms with Crippen LogP contribution in [0.4, 0.5) is 21.0 Å². The van der Waals surface area contributed by atoms with Crippen molar-refractivity contribution in [2.24, 2.45) is 11.7 Å². The molecule has 2 aromatic rings. The first-order valence-electron chi connectivity index (χ1n) is 13.6. The Morgan fingerprint density at radius 1 is 0.977 bits per heavy atom. The van der Waals surface area contributed by atoms with Crippen molar-refractivity contribution in [3.05, 3.63) is 64.2 Å². The van der Waals surface area contributed by atoms with Crippen LogP contribution in [0.25, 0.3) is 0 Å². The van der Waals surface area contributed by atoms with Crippen molar-refractivity contribution >= 4 is 41.3 Å². The molecule has 16 nitrogen and oxygen atoms in total. The summed E-state index contributed by atoms with van der Waals surface area (Å²) in [5.41, 5.74) is 5.86. The lowest BCUT2D eigenvalue weighted by Crippen LogP contribution is -2.54. The fourth-order valence-electron chi connectivity index (χ4n) is 3.75. The van der Waals surface area contributed by atoms with E-state index in [2.05, 4.69) is 21.3 Å². The van der Waals surface area contributed by atoms with E-state index in [1.54, 1.807) is 38.1 Å². The second kappa shape index (κ2) is 17.6. The number of non-ortho nitro benzene ring substituents is 1. The SMILES string of the molecule is CC(C)[C@H](NC(=O)CCO)C(=O)N[C@@H](CCCNC(N)=O)C(=O)Nc1ccc(COC(=O)Oc2ccc([N+](=O)[O-])cc2)cc1. The van der Waals surface area contributed by atoms with E-state index in [4.69, 9.17) is 20.3 Å². The standard InChI is InChI=1S/C28H36N6O10/c1-17(2)24(33-23(36)13-15-35)26(38)32-22(4-3-14-30-27(29)39)25(37)31-19-7-5-18(6-8-19)16-43-28(40)44-21-11-9-20(10-12-21)34(41)42/h5-12,17,22,24,35H,3-4,13-16H2,1-2H3,(H,31,37)(H,32,38)(H,33,36)(H3,29,30,39)/t22-,24-/m0/s1. The predicted molar refractivity (Wildman–Crippen MR) is 156 cm³/mol. The molecule has 0 fully saturated rings. The molecule has 5 amide bonds. The van der Waals surface area contributed by atoms with Crippen molar-refractivity contribution in [1.29, 1.82) is 0 Å². The lowest BCUT2D eigenvalue weighted by Gasteiger charge is -2.25. The summed E-state index contributed by atoms with van der Waals surface area (Å²) in [6.45, 7) is 3.06. The molecule has 2 atom stereocenters. The van der Waals surface area contributed by atoms with Gasteiger partial charge in [-0.3, -0.25) is 24.5 Å². The smallest absolute Gasteiger partial charge is 0.429 e. The second-order valence-corrected chi connectivity index (χ2v) is 9.84. The molecular formula is C28H36N6O10. The number of primary amides is 1. The molecule has 16 heteroatoms. The van der Waals surface area contributed by atoms with Crippen LogP contribution in [0.5, 0.6) is 5.75 Å². The summed E-state index contributed by atoms with van der Waals surface area (Å²) in [4.78, 5) is 71.3. The summed E-state index contributed by atoms with van der Waals surface area (Å²) in [6.07, 6.45) is -0.763. The third-order valence-electron chi connectivity index (χ3n) is 6.03. The molecule has 0 saturated carbocycles. The predicted octanol–water partition coefficient (Wildman–Crippen LogP) is 1.71. The molecular weight excluding hydrogens is 580 g/mol. The van der Waals surface area contributed by atoms with Crippen LogP contribution in [0.15, 0.2) is 48.5 Å². The van der Waals surface area contributed by atoms with E-state index in [0.717, 1.165) is 0 Å². The molecule has 0 spiro atoms. The number of urea groups is 1. The lowest BCUT2D eigenvalue weighted by molar-refractivity contribution is -0.384. The Labute approximate surface area is 252 Å². The van der Waals surface area contributed by atoms with Gasteiger partial charge in [0.25, 0.3) is 5.69 Å². The summed E-state index contributed by atoms with van der Waals surface area (Å²) >= 11 is 0. The van der Waals surface area contributed by atoms with Gasteiger partial charge in [0.05, 0.1) is 11.5 Å². The first-order valence-corrected chi connectivity index (χ1v) is 13.6. The zero-order chi connectivity index (χ0) is 32.6. The fraction of sp³-hybridized carbons (Fsp3) is 0.393. The van der Waals surface area contributed by atoms with Gasteiger partial charge in [-0.25, -0.2) is 9.59 Å². The zero-order valence-corrected chi connectivity index (χ0v) is 24.2. The quantitative estimate of drug-likeness (QED) is 0.0524. The summed E-state index contributed by atoms with van der Waals surface area (Å²) < 4.78 is 10.0. The fourth-order valence-corrected chi connectivity index (χ4v) is 3.75. The van der Waals surface area contributed by atoms with Crippen LogP contribution in [-0.4, -0.2) is 65.2 Å². The van der Waals surface area contributed by atoms with Gasteiger partial charge in [-0.15, -0.1) is 0 Å². The van der Waals surface area contributed by atoms with Gasteiger partial charge >= 0.3 is 12.2 Å². The Morgan fingerprint density at radius 2 is 1.64 bits per heavy atom. The molecule has 0 saturated heterocycles.